The van der Waals surface area contributed by atoms with Gasteiger partial charge in [0.1, 0.15) is 5.82 Å². The van der Waals surface area contributed by atoms with Gasteiger partial charge in [0.2, 0.25) is 0 Å². The van der Waals surface area contributed by atoms with Crippen LogP contribution in [0.4, 0.5) is 4.39 Å². The van der Waals surface area contributed by atoms with Gasteiger partial charge in [0.25, 0.3) is 5.91 Å². The van der Waals surface area contributed by atoms with Crippen molar-refractivity contribution < 1.29 is 9.18 Å². The molecule has 1 atom stereocenters. The number of piperidine rings is 1. The summed E-state index contributed by atoms with van der Waals surface area (Å²) in [4.78, 5) is 14.0. The van der Waals surface area contributed by atoms with Crippen LogP contribution < -0.4 is 5.73 Å². The average Bonchev–Trinajstić information content (AvgIpc) is 2.38. The lowest BCUT2D eigenvalue weighted by molar-refractivity contribution is 0.0618. The van der Waals surface area contributed by atoms with Crippen LogP contribution in [0.15, 0.2) is 22.7 Å². The van der Waals surface area contributed by atoms with Crippen LogP contribution in [-0.2, 0) is 0 Å². The number of carbonyl (C=O) groups is 1. The van der Waals surface area contributed by atoms with E-state index in [0.29, 0.717) is 17.6 Å². The van der Waals surface area contributed by atoms with Gasteiger partial charge in [-0.1, -0.05) is 15.9 Å². The van der Waals surface area contributed by atoms with E-state index >= 15 is 0 Å². The molecule has 0 aliphatic carbocycles. The lowest BCUT2D eigenvalue weighted by Gasteiger charge is -2.35. The lowest BCUT2D eigenvalue weighted by Crippen LogP contribution is -2.47. The summed E-state index contributed by atoms with van der Waals surface area (Å²) in [6.07, 6.45) is 2.94. The van der Waals surface area contributed by atoms with E-state index in [2.05, 4.69) is 15.9 Å². The minimum atomic E-state index is -0.490. The van der Waals surface area contributed by atoms with Crippen LogP contribution in [0.5, 0.6) is 0 Å². The molecule has 18 heavy (non-hydrogen) atoms. The second-order valence-electron chi connectivity index (χ2n) is 4.51. The predicted molar refractivity (Wildman–Crippen MR) is 71.8 cm³/mol. The summed E-state index contributed by atoms with van der Waals surface area (Å²) in [5.41, 5.74) is 5.80. The number of rotatable bonds is 2. The van der Waals surface area contributed by atoms with E-state index in [0.717, 1.165) is 19.3 Å². The molecule has 1 aromatic rings. The molecule has 1 aromatic carbocycles. The fourth-order valence-electron chi connectivity index (χ4n) is 2.33. The van der Waals surface area contributed by atoms with Gasteiger partial charge in [0.05, 0.1) is 5.56 Å². The average molecular weight is 315 g/mol. The Hall–Kier alpha value is -0.940. The van der Waals surface area contributed by atoms with Crippen LogP contribution in [0.2, 0.25) is 0 Å². The Balaban J connectivity index is 2.24. The van der Waals surface area contributed by atoms with Crippen molar-refractivity contribution in [3.63, 3.8) is 0 Å². The second kappa shape index (κ2) is 5.80. The SMILES string of the molecule is NC[C@H]1CCCCN1C(=O)c1ccc(Br)cc1F. The van der Waals surface area contributed by atoms with Gasteiger partial charge in [-0.3, -0.25) is 4.79 Å². The Bertz CT molecular complexity index is 453. The van der Waals surface area contributed by atoms with E-state index in [1.165, 1.54) is 12.1 Å². The number of likely N-dealkylation sites (tertiary alicyclic amines) is 1. The Labute approximate surface area is 114 Å². The first-order valence-electron chi connectivity index (χ1n) is 6.09. The van der Waals surface area contributed by atoms with Crippen molar-refractivity contribution >= 4 is 21.8 Å². The van der Waals surface area contributed by atoms with Gasteiger partial charge in [-0.2, -0.15) is 0 Å². The zero-order valence-corrected chi connectivity index (χ0v) is 11.6. The highest BCUT2D eigenvalue weighted by atomic mass is 79.9. The smallest absolute Gasteiger partial charge is 0.257 e. The maximum atomic E-state index is 13.8. The minimum absolute atomic E-state index is 0.0364. The third-order valence-electron chi connectivity index (χ3n) is 3.32. The standard InChI is InChI=1S/C13H16BrFN2O/c14-9-4-5-11(12(15)7-9)13(18)17-6-2-1-3-10(17)8-16/h4-5,7,10H,1-3,6,8,16H2/t10-/m1/s1. The predicted octanol–water partition coefficient (Wildman–Crippen LogP) is 2.54. The highest BCUT2D eigenvalue weighted by Crippen LogP contribution is 2.22. The van der Waals surface area contributed by atoms with Gasteiger partial charge < -0.3 is 10.6 Å². The van der Waals surface area contributed by atoms with Gasteiger partial charge in [0.15, 0.2) is 0 Å². The van der Waals surface area contributed by atoms with Gasteiger partial charge in [-0.15, -0.1) is 0 Å². The molecule has 1 aliphatic rings. The Kier molecular flexibility index (Phi) is 4.35. The van der Waals surface area contributed by atoms with Gasteiger partial charge >= 0.3 is 0 Å². The molecule has 0 aromatic heterocycles. The third-order valence-corrected chi connectivity index (χ3v) is 3.81. The molecule has 2 rings (SSSR count). The molecule has 0 bridgehead atoms. The molecule has 0 radical (unpaired) electrons. The molecule has 1 aliphatic heterocycles. The first-order chi connectivity index (χ1) is 8.63. The number of hydrogen-bond acceptors (Lipinski definition) is 2. The Morgan fingerprint density at radius 2 is 2.28 bits per heavy atom. The van der Waals surface area contributed by atoms with Crippen molar-refractivity contribution in [1.82, 2.24) is 4.90 Å². The lowest BCUT2D eigenvalue weighted by atomic mass is 10.0. The maximum absolute atomic E-state index is 13.8. The largest absolute Gasteiger partial charge is 0.334 e. The fourth-order valence-corrected chi connectivity index (χ4v) is 2.66. The van der Waals surface area contributed by atoms with Gasteiger partial charge in [0, 0.05) is 23.6 Å². The summed E-state index contributed by atoms with van der Waals surface area (Å²) < 4.78 is 14.4. The van der Waals surface area contributed by atoms with Crippen molar-refractivity contribution in [3.8, 4) is 0 Å². The number of hydrogen-bond donors (Lipinski definition) is 1. The minimum Gasteiger partial charge on any atom is -0.334 e. The molecule has 1 amide bonds. The molecule has 1 heterocycles. The number of carbonyl (C=O) groups excluding carboxylic acids is 1. The molecule has 1 saturated heterocycles. The third kappa shape index (κ3) is 2.72. The summed E-state index contributed by atoms with van der Waals surface area (Å²) in [5.74, 6) is -0.745. The monoisotopic (exact) mass is 314 g/mol. The summed E-state index contributed by atoms with van der Waals surface area (Å²) in [5, 5.41) is 0. The molecular formula is C13H16BrFN2O. The topological polar surface area (TPSA) is 46.3 Å². The van der Waals surface area contributed by atoms with Crippen LogP contribution in [0, 0.1) is 5.82 Å². The van der Waals surface area contributed by atoms with Crippen LogP contribution in [0.3, 0.4) is 0 Å². The van der Waals surface area contributed by atoms with E-state index in [1.807, 2.05) is 0 Å². The first-order valence-corrected chi connectivity index (χ1v) is 6.89. The van der Waals surface area contributed by atoms with E-state index in [4.69, 9.17) is 5.73 Å². The van der Waals surface area contributed by atoms with Crippen molar-refractivity contribution in [2.75, 3.05) is 13.1 Å². The van der Waals surface area contributed by atoms with Gasteiger partial charge in [-0.05, 0) is 37.5 Å². The van der Waals surface area contributed by atoms with E-state index < -0.39 is 5.82 Å². The van der Waals surface area contributed by atoms with Crippen LogP contribution in [0.1, 0.15) is 29.6 Å². The molecule has 98 valence electrons. The van der Waals surface area contributed by atoms with Crippen LogP contribution in [0.25, 0.3) is 0 Å². The number of nitrogens with two attached hydrogens (primary N) is 1. The molecular weight excluding hydrogens is 299 g/mol. The van der Waals surface area contributed by atoms with Crippen LogP contribution in [-0.4, -0.2) is 29.9 Å². The normalized spacial score (nSPS) is 19.9. The van der Waals surface area contributed by atoms with E-state index in [1.54, 1.807) is 11.0 Å². The number of nitrogens with zero attached hydrogens (tertiary/aromatic N) is 1. The molecule has 0 saturated carbocycles. The fraction of sp³-hybridized carbons (Fsp3) is 0.462. The molecule has 5 heteroatoms. The van der Waals surface area contributed by atoms with Crippen molar-refractivity contribution in [3.05, 3.63) is 34.1 Å². The second-order valence-corrected chi connectivity index (χ2v) is 5.42. The highest BCUT2D eigenvalue weighted by molar-refractivity contribution is 9.10. The Morgan fingerprint density at radius 3 is 2.94 bits per heavy atom. The summed E-state index contributed by atoms with van der Waals surface area (Å²) in [6, 6.07) is 4.55. The number of halogens is 2. The van der Waals surface area contributed by atoms with E-state index in [9.17, 15) is 9.18 Å². The van der Waals surface area contributed by atoms with Crippen molar-refractivity contribution in [2.24, 2.45) is 5.73 Å². The number of amides is 1. The zero-order chi connectivity index (χ0) is 13.1. The first kappa shape index (κ1) is 13.5. The summed E-state index contributed by atoms with van der Waals surface area (Å²) in [7, 11) is 0. The molecule has 0 spiro atoms. The van der Waals surface area contributed by atoms with Crippen LogP contribution >= 0.6 is 15.9 Å². The molecule has 2 N–H and O–H groups in total. The summed E-state index contributed by atoms with van der Waals surface area (Å²) >= 11 is 3.18. The maximum Gasteiger partial charge on any atom is 0.257 e. The van der Waals surface area contributed by atoms with Crippen molar-refractivity contribution in [2.45, 2.75) is 25.3 Å². The Morgan fingerprint density at radius 1 is 1.50 bits per heavy atom. The molecule has 1 fully saturated rings. The quantitative estimate of drug-likeness (QED) is 0.912. The molecule has 3 nitrogen and oxygen atoms in total. The summed E-state index contributed by atoms with van der Waals surface area (Å²) in [6.45, 7) is 1.10. The highest BCUT2D eigenvalue weighted by Gasteiger charge is 2.27. The molecule has 0 unspecified atom stereocenters. The number of benzene rings is 1. The van der Waals surface area contributed by atoms with Gasteiger partial charge in [-0.25, -0.2) is 4.39 Å². The van der Waals surface area contributed by atoms with E-state index in [-0.39, 0.29) is 17.5 Å². The zero-order valence-electron chi connectivity index (χ0n) is 10.0. The van der Waals surface area contributed by atoms with Crippen molar-refractivity contribution in [1.29, 1.82) is 0 Å².